The highest BCUT2D eigenvalue weighted by atomic mass is 19.4. The van der Waals surface area contributed by atoms with E-state index in [1.807, 2.05) is 0 Å². The quantitative estimate of drug-likeness (QED) is 0.584. The molecule has 0 radical (unpaired) electrons. The predicted octanol–water partition coefficient (Wildman–Crippen LogP) is 1.04. The van der Waals surface area contributed by atoms with Crippen LogP contribution in [-0.4, -0.2) is 29.0 Å². The number of carbonyl (C=O) groups excluding carboxylic acids is 1. The number of aromatic nitrogens is 2. The van der Waals surface area contributed by atoms with Crippen molar-refractivity contribution < 1.29 is 31.8 Å². The lowest BCUT2D eigenvalue weighted by Gasteiger charge is -2.05. The second-order valence-corrected chi connectivity index (χ2v) is 2.67. The normalized spacial score (nSPS) is 11.3. The standard InChI is InChI=1S/C7H6F4N2O3/c1-13-6(16-3-14)4(8)5(12-13)15-2-7(9,10)11/h3H,2H2,1H3. The van der Waals surface area contributed by atoms with Crippen molar-refractivity contribution in [3.8, 4) is 11.8 Å². The molecule has 1 heterocycles. The van der Waals surface area contributed by atoms with Gasteiger partial charge >= 0.3 is 6.18 Å². The summed E-state index contributed by atoms with van der Waals surface area (Å²) in [6.07, 6.45) is -4.60. The van der Waals surface area contributed by atoms with E-state index in [1.165, 1.54) is 7.05 Å². The van der Waals surface area contributed by atoms with Crippen LogP contribution in [0.1, 0.15) is 0 Å². The molecule has 0 bridgehead atoms. The number of ether oxygens (including phenoxy) is 2. The third-order valence-corrected chi connectivity index (χ3v) is 1.44. The monoisotopic (exact) mass is 242 g/mol. The van der Waals surface area contributed by atoms with Crippen molar-refractivity contribution in [1.29, 1.82) is 0 Å². The van der Waals surface area contributed by atoms with E-state index >= 15 is 0 Å². The molecular formula is C7H6F4N2O3. The Hall–Kier alpha value is -1.80. The fraction of sp³-hybridized carbons (Fsp3) is 0.429. The van der Waals surface area contributed by atoms with Gasteiger partial charge in [-0.25, -0.2) is 4.68 Å². The van der Waals surface area contributed by atoms with E-state index in [9.17, 15) is 22.4 Å². The van der Waals surface area contributed by atoms with Crippen molar-refractivity contribution in [3.63, 3.8) is 0 Å². The molecule has 0 saturated carbocycles. The van der Waals surface area contributed by atoms with Gasteiger partial charge in [-0.2, -0.15) is 17.6 Å². The first kappa shape index (κ1) is 12.3. The number of alkyl halides is 3. The number of halogens is 4. The van der Waals surface area contributed by atoms with Crippen molar-refractivity contribution in [2.24, 2.45) is 7.05 Å². The Balaban J connectivity index is 2.82. The largest absolute Gasteiger partial charge is 0.465 e. The van der Waals surface area contributed by atoms with Crippen LogP contribution in [0.3, 0.4) is 0 Å². The summed E-state index contributed by atoms with van der Waals surface area (Å²) in [6.45, 7) is -1.75. The molecule has 0 aliphatic rings. The summed E-state index contributed by atoms with van der Waals surface area (Å²) in [5.41, 5.74) is 0. The average Bonchev–Trinajstić information content (AvgIpc) is 2.42. The fourth-order valence-corrected chi connectivity index (χ4v) is 0.875. The van der Waals surface area contributed by atoms with E-state index < -0.39 is 30.4 Å². The highest BCUT2D eigenvalue weighted by Crippen LogP contribution is 2.26. The molecule has 5 nitrogen and oxygen atoms in total. The highest BCUT2D eigenvalue weighted by Gasteiger charge is 2.30. The number of hydrogen-bond acceptors (Lipinski definition) is 4. The van der Waals surface area contributed by atoms with Gasteiger partial charge in [0, 0.05) is 7.05 Å². The average molecular weight is 242 g/mol. The van der Waals surface area contributed by atoms with Gasteiger partial charge in [-0.15, -0.1) is 5.10 Å². The van der Waals surface area contributed by atoms with Crippen molar-refractivity contribution in [3.05, 3.63) is 5.82 Å². The third-order valence-electron chi connectivity index (χ3n) is 1.44. The second-order valence-electron chi connectivity index (χ2n) is 2.67. The van der Waals surface area contributed by atoms with Gasteiger partial charge in [0.1, 0.15) is 0 Å². The Morgan fingerprint density at radius 3 is 2.62 bits per heavy atom. The van der Waals surface area contributed by atoms with Gasteiger partial charge in [0.25, 0.3) is 18.2 Å². The lowest BCUT2D eigenvalue weighted by Crippen LogP contribution is -2.19. The zero-order valence-corrected chi connectivity index (χ0v) is 7.92. The van der Waals surface area contributed by atoms with E-state index in [0.717, 1.165) is 4.68 Å². The minimum atomic E-state index is -4.60. The summed E-state index contributed by atoms with van der Waals surface area (Å²) in [4.78, 5) is 9.95. The maximum Gasteiger partial charge on any atom is 0.422 e. The van der Waals surface area contributed by atoms with Gasteiger partial charge in [0.2, 0.25) is 5.82 Å². The molecule has 16 heavy (non-hydrogen) atoms. The van der Waals surface area contributed by atoms with Crippen LogP contribution in [0.5, 0.6) is 11.8 Å². The lowest BCUT2D eigenvalue weighted by atomic mass is 10.6. The minimum Gasteiger partial charge on any atom is -0.465 e. The molecule has 0 aliphatic carbocycles. The molecule has 1 rings (SSSR count). The Kier molecular flexibility index (Phi) is 3.35. The van der Waals surface area contributed by atoms with Gasteiger partial charge in [0.05, 0.1) is 0 Å². The van der Waals surface area contributed by atoms with E-state index in [4.69, 9.17) is 0 Å². The topological polar surface area (TPSA) is 53.4 Å². The summed E-state index contributed by atoms with van der Waals surface area (Å²) in [5, 5.41) is 3.27. The predicted molar refractivity (Wildman–Crippen MR) is 41.4 cm³/mol. The summed E-state index contributed by atoms with van der Waals surface area (Å²) < 4.78 is 57.5. The smallest absolute Gasteiger partial charge is 0.422 e. The van der Waals surface area contributed by atoms with E-state index in [1.54, 1.807) is 0 Å². The zero-order chi connectivity index (χ0) is 12.3. The summed E-state index contributed by atoms with van der Waals surface area (Å²) >= 11 is 0. The highest BCUT2D eigenvalue weighted by molar-refractivity contribution is 5.44. The van der Waals surface area contributed by atoms with Crippen LogP contribution in [0, 0.1) is 5.82 Å². The molecule has 0 unspecified atom stereocenters. The molecule has 0 atom stereocenters. The minimum absolute atomic E-state index is 0.0758. The fourth-order valence-electron chi connectivity index (χ4n) is 0.875. The maximum atomic E-state index is 13.2. The third kappa shape index (κ3) is 2.84. The van der Waals surface area contributed by atoms with Crippen LogP contribution < -0.4 is 9.47 Å². The second kappa shape index (κ2) is 4.37. The summed E-state index contributed by atoms with van der Waals surface area (Å²) in [7, 11) is 1.18. The zero-order valence-electron chi connectivity index (χ0n) is 7.92. The Morgan fingerprint density at radius 1 is 1.50 bits per heavy atom. The molecule has 1 aromatic heterocycles. The number of rotatable bonds is 4. The van der Waals surface area contributed by atoms with Crippen LogP contribution in [0.4, 0.5) is 17.6 Å². The number of aryl methyl sites for hydroxylation is 1. The molecule has 0 aromatic carbocycles. The Morgan fingerprint density at radius 2 is 2.12 bits per heavy atom. The molecular weight excluding hydrogens is 236 g/mol. The van der Waals surface area contributed by atoms with Crippen LogP contribution in [0.15, 0.2) is 0 Å². The van der Waals surface area contributed by atoms with Crippen molar-refractivity contribution >= 4 is 6.47 Å². The molecule has 90 valence electrons. The van der Waals surface area contributed by atoms with E-state index in [-0.39, 0.29) is 6.47 Å². The Labute approximate surface area is 86.5 Å². The van der Waals surface area contributed by atoms with Crippen molar-refractivity contribution in [2.75, 3.05) is 6.61 Å². The van der Waals surface area contributed by atoms with Crippen molar-refractivity contribution in [2.45, 2.75) is 6.18 Å². The van der Waals surface area contributed by atoms with Gasteiger partial charge in [-0.05, 0) is 0 Å². The van der Waals surface area contributed by atoms with E-state index in [0.29, 0.717) is 0 Å². The molecule has 9 heteroatoms. The summed E-state index contributed by atoms with van der Waals surface area (Å²) in [6, 6.07) is 0. The van der Waals surface area contributed by atoms with Gasteiger partial charge < -0.3 is 9.47 Å². The molecule has 1 aromatic rings. The number of nitrogens with zero attached hydrogens (tertiary/aromatic N) is 2. The van der Waals surface area contributed by atoms with E-state index in [2.05, 4.69) is 14.6 Å². The molecule has 0 saturated heterocycles. The molecule has 0 spiro atoms. The molecule has 0 aliphatic heterocycles. The van der Waals surface area contributed by atoms with Crippen LogP contribution in [0.25, 0.3) is 0 Å². The van der Waals surface area contributed by atoms with Gasteiger partial charge in [-0.1, -0.05) is 0 Å². The van der Waals surface area contributed by atoms with Crippen LogP contribution in [-0.2, 0) is 11.8 Å². The first-order valence-electron chi connectivity index (χ1n) is 3.87. The SMILES string of the molecule is Cn1nc(OCC(F)(F)F)c(F)c1OC=O. The van der Waals surface area contributed by atoms with Crippen LogP contribution in [0.2, 0.25) is 0 Å². The van der Waals surface area contributed by atoms with Crippen molar-refractivity contribution in [1.82, 2.24) is 9.78 Å². The Bertz CT molecular complexity index is 388. The molecule has 0 amide bonds. The first-order chi connectivity index (χ1) is 7.35. The van der Waals surface area contributed by atoms with Crippen LogP contribution >= 0.6 is 0 Å². The lowest BCUT2D eigenvalue weighted by molar-refractivity contribution is -0.154. The molecule has 0 fully saturated rings. The maximum absolute atomic E-state index is 13.2. The first-order valence-corrected chi connectivity index (χ1v) is 3.87. The number of hydrogen-bond donors (Lipinski definition) is 0. The molecule has 0 N–H and O–H groups in total. The van der Waals surface area contributed by atoms with Gasteiger partial charge in [-0.3, -0.25) is 4.79 Å². The van der Waals surface area contributed by atoms with Gasteiger partial charge in [0.15, 0.2) is 6.61 Å². The summed E-state index contributed by atoms with van der Waals surface area (Å²) in [5.74, 6) is -2.76. The number of carbonyl (C=O) groups is 1.